The molecule has 0 bridgehead atoms. The second kappa shape index (κ2) is 9.73. The zero-order valence-electron chi connectivity index (χ0n) is 22.6. The molecular formula is C29H49NO4. The number of carbonyl (C=O) groups excluding carboxylic acids is 1. The van der Waals surface area contributed by atoms with Gasteiger partial charge in [0.2, 0.25) is 6.04 Å². The number of carbonyl (C=O) groups is 1. The second-order valence-electron chi connectivity index (χ2n) is 13.6. The molecule has 0 aromatic heterocycles. The van der Waals surface area contributed by atoms with E-state index >= 15 is 0 Å². The molecular weight excluding hydrogens is 426 g/mol. The predicted octanol–water partition coefficient (Wildman–Crippen LogP) is 7.29. The van der Waals surface area contributed by atoms with Gasteiger partial charge in [-0.15, -0.1) is 0 Å². The predicted molar refractivity (Wildman–Crippen MR) is 135 cm³/mol. The van der Waals surface area contributed by atoms with Crippen LogP contribution < -0.4 is 0 Å². The van der Waals surface area contributed by atoms with Crippen LogP contribution in [0, 0.1) is 62.4 Å². The van der Waals surface area contributed by atoms with Gasteiger partial charge >= 0.3 is 5.97 Å². The van der Waals surface area contributed by atoms with E-state index < -0.39 is 6.04 Å². The summed E-state index contributed by atoms with van der Waals surface area (Å²) < 4.78 is 5.56. The van der Waals surface area contributed by atoms with E-state index in [-0.39, 0.29) is 28.3 Å². The molecule has 4 aliphatic carbocycles. The van der Waals surface area contributed by atoms with Crippen LogP contribution in [0.15, 0.2) is 0 Å². The Kier molecular flexibility index (Phi) is 7.43. The van der Waals surface area contributed by atoms with Gasteiger partial charge in [-0.1, -0.05) is 53.9 Å². The van der Waals surface area contributed by atoms with Gasteiger partial charge in [-0.05, 0) is 91.3 Å². The molecule has 0 saturated heterocycles. The topological polar surface area (TPSA) is 69.4 Å². The lowest BCUT2D eigenvalue weighted by molar-refractivity contribution is -0.547. The van der Waals surface area contributed by atoms with Crippen molar-refractivity contribution in [2.45, 2.75) is 124 Å². The maximum atomic E-state index is 12.4. The number of nitro groups is 1. The van der Waals surface area contributed by atoms with Crippen LogP contribution in [0.5, 0.6) is 0 Å². The summed E-state index contributed by atoms with van der Waals surface area (Å²) in [6, 6.07) is -0.491. The molecule has 0 unspecified atom stereocenters. The highest BCUT2D eigenvalue weighted by Crippen LogP contribution is 2.68. The average Bonchev–Trinajstić information content (AvgIpc) is 3.10. The lowest BCUT2D eigenvalue weighted by Crippen LogP contribution is -2.60. The van der Waals surface area contributed by atoms with Crippen LogP contribution in [-0.4, -0.2) is 23.0 Å². The van der Waals surface area contributed by atoms with Crippen molar-refractivity contribution in [1.29, 1.82) is 0 Å². The van der Waals surface area contributed by atoms with E-state index in [0.717, 1.165) is 37.0 Å². The van der Waals surface area contributed by atoms with Crippen LogP contribution in [0.3, 0.4) is 0 Å². The van der Waals surface area contributed by atoms with Gasteiger partial charge in [-0.3, -0.25) is 14.9 Å². The zero-order chi connectivity index (χ0) is 24.8. The Morgan fingerprint density at radius 2 is 1.65 bits per heavy atom. The minimum Gasteiger partial charge on any atom is -0.463 e. The van der Waals surface area contributed by atoms with Crippen LogP contribution in [0.25, 0.3) is 0 Å². The molecule has 0 N–H and O–H groups in total. The van der Waals surface area contributed by atoms with Gasteiger partial charge in [0, 0.05) is 24.2 Å². The molecule has 0 spiro atoms. The highest BCUT2D eigenvalue weighted by molar-refractivity contribution is 5.66. The quantitative estimate of drug-likeness (QED) is 0.220. The highest BCUT2D eigenvalue weighted by Gasteiger charge is 2.65. The molecule has 194 valence electrons. The fourth-order valence-corrected chi connectivity index (χ4v) is 9.86. The van der Waals surface area contributed by atoms with Crippen molar-refractivity contribution in [2.24, 2.45) is 52.3 Å². The van der Waals surface area contributed by atoms with Gasteiger partial charge in [0.1, 0.15) is 6.10 Å². The van der Waals surface area contributed by atoms with E-state index in [9.17, 15) is 14.9 Å². The maximum absolute atomic E-state index is 12.4. The molecule has 4 fully saturated rings. The SMILES string of the molecule is CC(=O)O[C@H]1CC[C@@]2(C)[C@H](C1)[C@H]([N+](=O)[O-])C[C@@H]1[C@@H]2CC[C@]2(C)[C@@H]([C@H](C)CCCC(C)C)CC[C@@H]12. The molecule has 0 radical (unpaired) electrons. The summed E-state index contributed by atoms with van der Waals surface area (Å²) in [4.78, 5) is 24.0. The minimum atomic E-state index is -0.491. The molecule has 0 aromatic rings. The highest BCUT2D eigenvalue weighted by atomic mass is 16.6. The van der Waals surface area contributed by atoms with Gasteiger partial charge in [0.05, 0.1) is 0 Å². The molecule has 0 aliphatic heterocycles. The molecule has 4 rings (SSSR count). The average molecular weight is 476 g/mol. The largest absolute Gasteiger partial charge is 0.463 e. The Hall–Kier alpha value is -1.13. The third-order valence-corrected chi connectivity index (χ3v) is 11.4. The van der Waals surface area contributed by atoms with Gasteiger partial charge in [0.15, 0.2) is 0 Å². The minimum absolute atomic E-state index is 0.000397. The van der Waals surface area contributed by atoms with Crippen molar-refractivity contribution < 1.29 is 14.5 Å². The summed E-state index contributed by atoms with van der Waals surface area (Å²) in [6.07, 6.45) is 12.1. The number of hydrogen-bond donors (Lipinski definition) is 0. The Labute approximate surface area is 207 Å². The summed E-state index contributed by atoms with van der Waals surface area (Å²) in [5.74, 6) is 3.77. The van der Waals surface area contributed by atoms with E-state index in [2.05, 4.69) is 34.6 Å². The molecule has 0 aromatic carbocycles. The van der Waals surface area contributed by atoms with Crippen molar-refractivity contribution >= 4 is 5.97 Å². The van der Waals surface area contributed by atoms with Crippen LogP contribution in [0.4, 0.5) is 0 Å². The van der Waals surface area contributed by atoms with E-state index in [1.54, 1.807) is 0 Å². The van der Waals surface area contributed by atoms with Crippen molar-refractivity contribution in [2.75, 3.05) is 0 Å². The van der Waals surface area contributed by atoms with Crippen LogP contribution >= 0.6 is 0 Å². The first kappa shape index (κ1) is 25.9. The van der Waals surface area contributed by atoms with Crippen molar-refractivity contribution in [3.05, 3.63) is 10.1 Å². The number of esters is 1. The standard InChI is InChI=1S/C29H49NO4/c1-18(2)8-7-9-19(3)23-10-11-24-22-17-27(30(32)33)26-16-21(34-20(4)31)12-14-29(26,6)25(22)13-15-28(23,24)5/h18-19,21-27H,7-17H2,1-6H3/t19-,21+,22+,23-,24+,25+,26-,27-,28-,29-/m1/s1. The third-order valence-electron chi connectivity index (χ3n) is 11.4. The summed E-state index contributed by atoms with van der Waals surface area (Å²) >= 11 is 0. The van der Waals surface area contributed by atoms with E-state index in [4.69, 9.17) is 4.74 Å². The first-order chi connectivity index (χ1) is 16.0. The molecule has 5 heteroatoms. The van der Waals surface area contributed by atoms with Gasteiger partial charge in [0.25, 0.3) is 0 Å². The lowest BCUT2D eigenvalue weighted by Gasteiger charge is -2.61. The molecule has 0 amide bonds. The molecule has 34 heavy (non-hydrogen) atoms. The fourth-order valence-electron chi connectivity index (χ4n) is 9.86. The molecule has 4 aliphatic rings. The van der Waals surface area contributed by atoms with Gasteiger partial charge in [-0.25, -0.2) is 0 Å². The van der Waals surface area contributed by atoms with E-state index in [1.807, 2.05) is 0 Å². The van der Waals surface area contributed by atoms with Crippen molar-refractivity contribution in [3.8, 4) is 0 Å². The Bertz CT molecular complexity index is 767. The first-order valence-electron chi connectivity index (χ1n) is 14.3. The van der Waals surface area contributed by atoms with Crippen LogP contribution in [0.2, 0.25) is 0 Å². The third kappa shape index (κ3) is 4.54. The first-order valence-corrected chi connectivity index (χ1v) is 14.3. The Balaban J connectivity index is 1.54. The molecule has 0 heterocycles. The monoisotopic (exact) mass is 475 g/mol. The Morgan fingerprint density at radius 3 is 2.29 bits per heavy atom. The fraction of sp³-hybridized carbons (Fsp3) is 0.966. The smallest absolute Gasteiger partial charge is 0.302 e. The number of hydrogen-bond acceptors (Lipinski definition) is 4. The summed E-state index contributed by atoms with van der Waals surface area (Å²) in [6.45, 7) is 13.5. The Morgan fingerprint density at radius 1 is 0.971 bits per heavy atom. The number of rotatable bonds is 7. The second-order valence-corrected chi connectivity index (χ2v) is 13.6. The van der Waals surface area contributed by atoms with Gasteiger partial charge in [-0.2, -0.15) is 0 Å². The van der Waals surface area contributed by atoms with Crippen LogP contribution in [0.1, 0.15) is 112 Å². The summed E-state index contributed by atoms with van der Waals surface area (Å²) in [7, 11) is 0. The lowest BCUT2D eigenvalue weighted by atomic mass is 9.43. The summed E-state index contributed by atoms with van der Waals surface area (Å²) in [5.41, 5.74) is 0.345. The number of fused-ring (bicyclic) bond motifs is 5. The zero-order valence-corrected chi connectivity index (χ0v) is 22.6. The molecule has 5 nitrogen and oxygen atoms in total. The van der Waals surface area contributed by atoms with Crippen LogP contribution in [-0.2, 0) is 9.53 Å². The maximum Gasteiger partial charge on any atom is 0.302 e. The van der Waals surface area contributed by atoms with Crippen molar-refractivity contribution in [3.63, 3.8) is 0 Å². The number of ether oxygens (including phenoxy) is 1. The summed E-state index contributed by atoms with van der Waals surface area (Å²) in [5, 5.41) is 12.4. The van der Waals surface area contributed by atoms with Crippen molar-refractivity contribution in [1.82, 2.24) is 0 Å². The normalized spacial score (nSPS) is 44.6. The molecule has 4 saturated carbocycles. The number of nitrogens with zero attached hydrogens (tertiary/aromatic N) is 1. The van der Waals surface area contributed by atoms with E-state index in [0.29, 0.717) is 29.6 Å². The molecule has 10 atom stereocenters. The van der Waals surface area contributed by atoms with Gasteiger partial charge < -0.3 is 4.74 Å². The van der Waals surface area contributed by atoms with E-state index in [1.165, 1.54) is 51.9 Å².